The molecule has 6 heteroatoms. The van der Waals surface area contributed by atoms with Crippen LogP contribution >= 0.6 is 0 Å². The second-order valence-electron chi connectivity index (χ2n) is 4.95. The molecule has 0 saturated carbocycles. The number of nitrogens with two attached hydrogens (primary N) is 1. The first kappa shape index (κ1) is 13.8. The average molecular weight is 302 g/mol. The molecule has 5 nitrogen and oxygen atoms in total. The van der Waals surface area contributed by atoms with Gasteiger partial charge in [-0.25, -0.2) is 12.7 Å². The quantitative estimate of drug-likeness (QED) is 0.868. The van der Waals surface area contributed by atoms with Crippen molar-refractivity contribution in [2.45, 2.75) is 6.04 Å². The minimum Gasteiger partial charge on any atom is -0.316 e. The summed E-state index contributed by atoms with van der Waals surface area (Å²) in [5.41, 5.74) is 8.42. The molecule has 0 aromatic heterocycles. The molecule has 3 rings (SSSR count). The van der Waals surface area contributed by atoms with Crippen LogP contribution in [0.4, 0.5) is 5.69 Å². The summed E-state index contributed by atoms with van der Waals surface area (Å²) >= 11 is 0. The van der Waals surface area contributed by atoms with Crippen LogP contribution in [0.25, 0.3) is 11.1 Å². The van der Waals surface area contributed by atoms with Crippen LogP contribution in [0, 0.1) is 0 Å². The van der Waals surface area contributed by atoms with Gasteiger partial charge in [-0.1, -0.05) is 42.5 Å². The number of amides is 1. The average Bonchev–Trinajstić information content (AvgIpc) is 2.54. The van der Waals surface area contributed by atoms with Crippen LogP contribution in [0.5, 0.6) is 0 Å². The van der Waals surface area contributed by atoms with Gasteiger partial charge in [-0.2, -0.15) is 0 Å². The van der Waals surface area contributed by atoms with Crippen LogP contribution in [0.2, 0.25) is 0 Å². The van der Waals surface area contributed by atoms with Crippen molar-refractivity contribution in [3.63, 3.8) is 0 Å². The van der Waals surface area contributed by atoms with Crippen molar-refractivity contribution < 1.29 is 13.2 Å². The lowest BCUT2D eigenvalue weighted by Crippen LogP contribution is -2.41. The summed E-state index contributed by atoms with van der Waals surface area (Å²) in [7, 11) is -3.76. The number of carbonyl (C=O) groups is 1. The van der Waals surface area contributed by atoms with Crippen LogP contribution in [0.15, 0.2) is 48.5 Å². The van der Waals surface area contributed by atoms with Crippen molar-refractivity contribution >= 4 is 21.6 Å². The second-order valence-corrected chi connectivity index (χ2v) is 6.78. The van der Waals surface area contributed by atoms with Crippen molar-refractivity contribution in [3.8, 4) is 11.1 Å². The summed E-state index contributed by atoms with van der Waals surface area (Å²) in [6.07, 6.45) is 1.00. The Hall–Kier alpha value is -2.18. The minimum absolute atomic E-state index is 0.338. The van der Waals surface area contributed by atoms with E-state index in [1.807, 2.05) is 12.1 Å². The minimum atomic E-state index is -3.76. The molecule has 1 amide bonds. The Morgan fingerprint density at radius 2 is 1.57 bits per heavy atom. The Morgan fingerprint density at radius 1 is 1.00 bits per heavy atom. The first-order valence-electron chi connectivity index (χ1n) is 6.39. The number of rotatable bonds is 1. The van der Waals surface area contributed by atoms with E-state index < -0.39 is 22.0 Å². The van der Waals surface area contributed by atoms with Crippen molar-refractivity contribution in [2.75, 3.05) is 10.6 Å². The number of anilines is 1. The first-order valence-corrected chi connectivity index (χ1v) is 8.24. The van der Waals surface area contributed by atoms with Crippen molar-refractivity contribution in [1.29, 1.82) is 0 Å². The molecule has 108 valence electrons. The van der Waals surface area contributed by atoms with E-state index in [1.165, 1.54) is 0 Å². The molecule has 0 fully saturated rings. The molecule has 2 aromatic carbocycles. The van der Waals surface area contributed by atoms with E-state index in [4.69, 9.17) is 5.73 Å². The molecule has 0 aliphatic carbocycles. The summed E-state index contributed by atoms with van der Waals surface area (Å²) in [4.78, 5) is 12.5. The summed E-state index contributed by atoms with van der Waals surface area (Å²) in [6, 6.07) is 13.1. The molecule has 0 saturated heterocycles. The van der Waals surface area contributed by atoms with Gasteiger partial charge in [0.05, 0.1) is 11.9 Å². The van der Waals surface area contributed by atoms with Crippen LogP contribution < -0.4 is 10.0 Å². The Bertz CT molecular complexity index is 830. The monoisotopic (exact) mass is 302 g/mol. The van der Waals surface area contributed by atoms with E-state index in [9.17, 15) is 13.2 Å². The number of hydrogen-bond donors (Lipinski definition) is 1. The molecule has 0 radical (unpaired) electrons. The normalized spacial score (nSPS) is 17.9. The van der Waals surface area contributed by atoms with E-state index in [1.54, 1.807) is 36.4 Å². The van der Waals surface area contributed by atoms with Crippen LogP contribution in [-0.2, 0) is 14.8 Å². The topological polar surface area (TPSA) is 80.5 Å². The zero-order chi connectivity index (χ0) is 15.2. The lowest BCUT2D eigenvalue weighted by Gasteiger charge is -2.22. The number of fused-ring (bicyclic) bond motifs is 3. The Balaban J connectivity index is 2.41. The van der Waals surface area contributed by atoms with E-state index in [2.05, 4.69) is 0 Å². The Labute approximate surface area is 123 Å². The van der Waals surface area contributed by atoms with Crippen molar-refractivity contribution in [1.82, 2.24) is 0 Å². The van der Waals surface area contributed by atoms with E-state index in [0.29, 0.717) is 16.8 Å². The van der Waals surface area contributed by atoms with Gasteiger partial charge in [-0.15, -0.1) is 0 Å². The molecule has 1 aliphatic heterocycles. The van der Waals surface area contributed by atoms with Crippen molar-refractivity contribution in [3.05, 3.63) is 54.1 Å². The fourth-order valence-corrected chi connectivity index (χ4v) is 3.57. The molecular formula is C15H14N2O3S. The van der Waals surface area contributed by atoms with Gasteiger partial charge in [0, 0.05) is 5.56 Å². The molecule has 0 bridgehead atoms. The summed E-state index contributed by atoms with van der Waals surface area (Å²) in [5.74, 6) is -0.644. The standard InChI is InChI=1S/C15H14N2O3S/c1-21(19,20)17-13-9-5-4-7-11(13)10-6-2-3-8-12(10)14(16)15(17)18/h2-9,14H,16H2,1H3. The second kappa shape index (κ2) is 4.68. The highest BCUT2D eigenvalue weighted by molar-refractivity contribution is 7.92. The number of sulfonamides is 1. The van der Waals surface area contributed by atoms with Crippen molar-refractivity contribution in [2.24, 2.45) is 5.73 Å². The molecule has 1 aliphatic rings. The Kier molecular flexibility index (Phi) is 3.07. The first-order chi connectivity index (χ1) is 9.91. The number of nitrogens with zero attached hydrogens (tertiary/aromatic N) is 1. The summed E-state index contributed by atoms with van der Waals surface area (Å²) in [6.45, 7) is 0. The van der Waals surface area contributed by atoms with E-state index >= 15 is 0 Å². The zero-order valence-electron chi connectivity index (χ0n) is 11.4. The van der Waals surface area contributed by atoms with Gasteiger partial charge in [0.15, 0.2) is 0 Å². The molecular weight excluding hydrogens is 288 g/mol. The lowest BCUT2D eigenvalue weighted by molar-refractivity contribution is -0.118. The third-order valence-electron chi connectivity index (χ3n) is 3.51. The maximum Gasteiger partial charge on any atom is 0.262 e. The summed E-state index contributed by atoms with van der Waals surface area (Å²) < 4.78 is 24.9. The predicted molar refractivity (Wildman–Crippen MR) is 81.1 cm³/mol. The molecule has 1 unspecified atom stereocenters. The van der Waals surface area contributed by atoms with Gasteiger partial charge in [0.1, 0.15) is 6.04 Å². The molecule has 21 heavy (non-hydrogen) atoms. The highest BCUT2D eigenvalue weighted by Crippen LogP contribution is 2.40. The van der Waals surface area contributed by atoms with Gasteiger partial charge in [0.25, 0.3) is 5.91 Å². The SMILES string of the molecule is CS(=O)(=O)N1C(=O)C(N)c2ccccc2-c2ccccc21. The number of carbonyl (C=O) groups excluding carboxylic acids is 1. The molecule has 2 aromatic rings. The Morgan fingerprint density at radius 3 is 2.24 bits per heavy atom. The van der Waals surface area contributed by atoms with Gasteiger partial charge in [-0.05, 0) is 17.2 Å². The fourth-order valence-electron chi connectivity index (χ4n) is 2.61. The lowest BCUT2D eigenvalue weighted by atomic mass is 9.96. The maximum absolute atomic E-state index is 12.5. The maximum atomic E-state index is 12.5. The van der Waals surface area contributed by atoms with E-state index in [-0.39, 0.29) is 0 Å². The molecule has 2 N–H and O–H groups in total. The molecule has 1 heterocycles. The van der Waals surface area contributed by atoms with E-state index in [0.717, 1.165) is 16.1 Å². The third-order valence-corrected chi connectivity index (χ3v) is 4.55. The van der Waals surface area contributed by atoms with Crippen LogP contribution in [0.3, 0.4) is 0 Å². The third kappa shape index (κ3) is 2.12. The van der Waals surface area contributed by atoms with Crippen LogP contribution in [0.1, 0.15) is 11.6 Å². The van der Waals surface area contributed by atoms with Crippen LogP contribution in [-0.4, -0.2) is 20.6 Å². The number of benzene rings is 2. The fraction of sp³-hybridized carbons (Fsp3) is 0.133. The number of hydrogen-bond acceptors (Lipinski definition) is 4. The highest BCUT2D eigenvalue weighted by Gasteiger charge is 2.36. The predicted octanol–water partition coefficient (Wildman–Crippen LogP) is 1.66. The summed E-state index contributed by atoms with van der Waals surface area (Å²) in [5, 5.41) is 0. The number of para-hydroxylation sites is 1. The smallest absolute Gasteiger partial charge is 0.262 e. The van der Waals surface area contributed by atoms with Gasteiger partial charge in [0.2, 0.25) is 10.0 Å². The molecule has 1 atom stereocenters. The van der Waals surface area contributed by atoms with Gasteiger partial charge in [-0.3, -0.25) is 4.79 Å². The van der Waals surface area contributed by atoms with Gasteiger partial charge >= 0.3 is 0 Å². The van der Waals surface area contributed by atoms with Gasteiger partial charge < -0.3 is 5.73 Å². The highest BCUT2D eigenvalue weighted by atomic mass is 32.2. The zero-order valence-corrected chi connectivity index (χ0v) is 12.2. The molecule has 0 spiro atoms. The largest absolute Gasteiger partial charge is 0.316 e.